The fourth-order valence-electron chi connectivity index (χ4n) is 5.75. The summed E-state index contributed by atoms with van der Waals surface area (Å²) in [7, 11) is -1.02. The summed E-state index contributed by atoms with van der Waals surface area (Å²) in [5.41, 5.74) is -9.27. The maximum atomic E-state index is 15.8. The number of halogens is 16. The van der Waals surface area contributed by atoms with Crippen LogP contribution in [0.15, 0.2) is 24.3 Å². The maximum absolute atomic E-state index is 15.8. The molecular formula is C31H22BBrF15MgNSi. The summed E-state index contributed by atoms with van der Waals surface area (Å²) >= 11 is 0. The molecule has 20 heteroatoms. The van der Waals surface area contributed by atoms with Gasteiger partial charge >= 0.3 is 23.1 Å². The molecule has 0 fully saturated rings. The third kappa shape index (κ3) is 6.44. The molecule has 0 unspecified atom stereocenters. The number of hydrogen-bond donors (Lipinski definition) is 0. The van der Waals surface area contributed by atoms with Gasteiger partial charge in [0.1, 0.15) is 41.0 Å². The van der Waals surface area contributed by atoms with Crippen LogP contribution in [0.5, 0.6) is 0 Å². The van der Waals surface area contributed by atoms with Gasteiger partial charge < -0.3 is 21.5 Å². The topological polar surface area (TPSA) is 3.24 Å². The molecule has 4 rings (SSSR count). The van der Waals surface area contributed by atoms with E-state index in [2.05, 4.69) is 0 Å². The van der Waals surface area contributed by atoms with E-state index in [1.165, 1.54) is 0 Å². The van der Waals surface area contributed by atoms with Crippen LogP contribution >= 0.6 is 0 Å². The third-order valence-electron chi connectivity index (χ3n) is 9.48. The van der Waals surface area contributed by atoms with Crippen molar-refractivity contribution in [2.75, 3.05) is 11.6 Å². The van der Waals surface area contributed by atoms with Crippen LogP contribution in [0.4, 0.5) is 71.5 Å². The van der Waals surface area contributed by atoms with E-state index in [0.29, 0.717) is 12.1 Å². The first-order valence-electron chi connectivity index (χ1n) is 14.0. The second kappa shape index (κ2) is 14.9. The molecule has 0 aliphatic rings. The Morgan fingerprint density at radius 3 is 0.882 bits per heavy atom. The third-order valence-corrected chi connectivity index (χ3v) is 15.1. The smallest absolute Gasteiger partial charge is 1.00 e. The maximum Gasteiger partial charge on any atom is 2.00 e. The Morgan fingerprint density at radius 2 is 0.667 bits per heavy atom. The summed E-state index contributed by atoms with van der Waals surface area (Å²) in [6.07, 6.45) is -5.82. The van der Waals surface area contributed by atoms with Gasteiger partial charge in [-0.1, -0.05) is 46.0 Å². The van der Waals surface area contributed by atoms with Crippen LogP contribution in [0.25, 0.3) is 0 Å². The van der Waals surface area contributed by atoms with E-state index in [1.807, 2.05) is 33.9 Å². The number of nitrogens with zero attached hydrogens (tertiary/aromatic N) is 1. The molecule has 4 aromatic carbocycles. The van der Waals surface area contributed by atoms with Crippen LogP contribution in [0, 0.1) is 87.3 Å². The van der Waals surface area contributed by atoms with Crippen molar-refractivity contribution in [3.05, 3.63) is 112 Å². The van der Waals surface area contributed by atoms with Crippen molar-refractivity contribution >= 4 is 65.0 Å². The SMILES string of the molecule is CN(c1ccc([B-](c2c(F)c(F)c(F)c(F)c2F)(c2c(F)c(F)c(F)c(F)c2F)c2c(F)c(F)c(F)c(F)c2F)cc1)[Si](C)(C)C(C)(C)C.[Br-].[Mg+2]. The second-order valence-corrected chi connectivity index (χ2v) is 18.1. The predicted octanol–water partition coefficient (Wildman–Crippen LogP) is 4.22. The molecule has 51 heavy (non-hydrogen) atoms. The summed E-state index contributed by atoms with van der Waals surface area (Å²) in [4.78, 5) is 0. The van der Waals surface area contributed by atoms with E-state index in [-0.39, 0.29) is 45.7 Å². The van der Waals surface area contributed by atoms with Crippen LogP contribution in [0.3, 0.4) is 0 Å². The van der Waals surface area contributed by atoms with Gasteiger partial charge in [0.2, 0.25) is 0 Å². The Hall–Kier alpha value is -2.84. The molecule has 4 aromatic rings. The van der Waals surface area contributed by atoms with Crippen LogP contribution in [-0.4, -0.2) is 44.5 Å². The zero-order valence-electron chi connectivity index (χ0n) is 27.1. The summed E-state index contributed by atoms with van der Waals surface area (Å²) in [5.74, 6) is -45.5. The second-order valence-electron chi connectivity index (χ2n) is 12.8. The molecule has 0 aliphatic carbocycles. The number of hydrogen-bond acceptors (Lipinski definition) is 1. The van der Waals surface area contributed by atoms with Crippen molar-refractivity contribution in [2.24, 2.45) is 0 Å². The van der Waals surface area contributed by atoms with Gasteiger partial charge in [0.25, 0.3) is 0 Å². The average molecular weight is 837 g/mol. The molecule has 0 aromatic heterocycles. The molecule has 0 atom stereocenters. The van der Waals surface area contributed by atoms with Crippen LogP contribution in [-0.2, 0) is 0 Å². The van der Waals surface area contributed by atoms with Crippen LogP contribution in [0.2, 0.25) is 18.1 Å². The molecule has 0 bridgehead atoms. The zero-order valence-corrected chi connectivity index (χ0v) is 31.1. The Kier molecular flexibility index (Phi) is 12.9. The number of benzene rings is 4. The predicted molar refractivity (Wildman–Crippen MR) is 161 cm³/mol. The first kappa shape index (κ1) is 44.3. The van der Waals surface area contributed by atoms with Crippen LogP contribution < -0.4 is 43.4 Å². The number of rotatable bonds is 6. The standard InChI is InChI=1S/C31H22BF15NSi.BrH.Mg/c1-31(2,3)49(5,6)48(4)12-9-7-11(8-10-12)32(13-16(33)22(39)28(45)23(40)17(13)34,14-18(35)24(41)29(46)25(42)19(14)36)15-20(37)26(43)30(47)27(44)21(15)38;;/h7-10H,1-6H3;1H;/q-1;;+2/p-1. The van der Waals surface area contributed by atoms with Crippen molar-refractivity contribution in [2.45, 2.75) is 38.9 Å². The van der Waals surface area contributed by atoms with Crippen LogP contribution in [0.1, 0.15) is 20.8 Å². The monoisotopic (exact) mass is 835 g/mol. The van der Waals surface area contributed by atoms with Gasteiger partial charge in [-0.15, -0.1) is 16.4 Å². The Bertz CT molecular complexity index is 1770. The van der Waals surface area contributed by atoms with Gasteiger partial charge in [-0.3, -0.25) is 0 Å². The largest absolute Gasteiger partial charge is 2.00 e. The minimum absolute atomic E-state index is 0. The molecule has 0 amide bonds. The van der Waals surface area contributed by atoms with Crippen molar-refractivity contribution in [1.82, 2.24) is 0 Å². The molecule has 0 heterocycles. The molecule has 0 aliphatic heterocycles. The Morgan fingerprint density at radius 1 is 0.451 bits per heavy atom. The molecule has 0 N–H and O–H groups in total. The van der Waals surface area contributed by atoms with Crippen molar-refractivity contribution in [3.63, 3.8) is 0 Å². The first-order valence-corrected chi connectivity index (χ1v) is 16.9. The van der Waals surface area contributed by atoms with Gasteiger partial charge in [-0.25, -0.2) is 65.9 Å². The van der Waals surface area contributed by atoms with E-state index >= 15 is 26.3 Å². The van der Waals surface area contributed by atoms with Crippen molar-refractivity contribution in [3.8, 4) is 0 Å². The quantitative estimate of drug-likeness (QED) is 0.122. The molecular weight excluding hydrogens is 814 g/mol. The number of anilines is 1. The van der Waals surface area contributed by atoms with E-state index in [4.69, 9.17) is 0 Å². The normalized spacial score (nSPS) is 12.1. The molecule has 0 saturated heterocycles. The minimum Gasteiger partial charge on any atom is -1.00 e. The van der Waals surface area contributed by atoms with Crippen molar-refractivity contribution < 1.29 is 82.8 Å². The van der Waals surface area contributed by atoms with E-state index in [1.54, 1.807) is 11.6 Å². The fourth-order valence-corrected chi connectivity index (χ4v) is 7.55. The molecule has 0 spiro atoms. The van der Waals surface area contributed by atoms with E-state index in [9.17, 15) is 39.5 Å². The van der Waals surface area contributed by atoms with Gasteiger partial charge in [-0.05, 0) is 24.2 Å². The Balaban J connectivity index is 0.00000451. The van der Waals surface area contributed by atoms with Gasteiger partial charge in [-0.2, -0.15) is 5.46 Å². The van der Waals surface area contributed by atoms with E-state index in [0.717, 1.165) is 12.1 Å². The van der Waals surface area contributed by atoms with Crippen molar-refractivity contribution in [1.29, 1.82) is 0 Å². The van der Waals surface area contributed by atoms with Gasteiger partial charge in [0.15, 0.2) is 60.6 Å². The molecule has 1 nitrogen and oxygen atoms in total. The van der Waals surface area contributed by atoms with Gasteiger partial charge in [0.05, 0.1) is 0 Å². The zero-order chi connectivity index (χ0) is 37.5. The summed E-state index contributed by atoms with van der Waals surface area (Å²) in [6.45, 7) is 9.27. The van der Waals surface area contributed by atoms with E-state index < -0.39 is 129 Å². The molecule has 0 radical (unpaired) electrons. The fraction of sp³-hybridized carbons (Fsp3) is 0.226. The Labute approximate surface area is 308 Å². The minimum atomic E-state index is -5.82. The van der Waals surface area contributed by atoms with Gasteiger partial charge in [0, 0.05) is 5.69 Å². The first-order chi connectivity index (χ1) is 22.4. The summed E-state index contributed by atoms with van der Waals surface area (Å²) in [6, 6.07) is 2.87. The average Bonchev–Trinajstić information content (AvgIpc) is 3.05. The molecule has 272 valence electrons. The summed E-state index contributed by atoms with van der Waals surface area (Å²) in [5, 5.41) is -0.408. The molecule has 0 saturated carbocycles. The summed E-state index contributed by atoms with van der Waals surface area (Å²) < 4.78 is 228.